The number of pyridine rings is 1. The molecule has 0 N–H and O–H groups in total. The molecule has 20 heavy (non-hydrogen) atoms. The molecule has 0 aliphatic rings. The average Bonchev–Trinajstić information content (AvgIpc) is 2.43. The van der Waals surface area contributed by atoms with E-state index in [9.17, 15) is 19.7 Å². The lowest BCUT2D eigenvalue weighted by molar-refractivity contribution is -0.405. The molecule has 1 aromatic rings. The van der Waals surface area contributed by atoms with Crippen molar-refractivity contribution in [2.75, 3.05) is 7.05 Å². The Labute approximate surface area is 123 Å². The minimum absolute atomic E-state index is 0.0572. The lowest BCUT2D eigenvalue weighted by Gasteiger charge is -2.23. The first-order valence-corrected chi connectivity index (χ1v) is 6.13. The summed E-state index contributed by atoms with van der Waals surface area (Å²) in [5, 5.41) is 10.6. The Morgan fingerprint density at radius 3 is 2.60 bits per heavy atom. The fourth-order valence-corrected chi connectivity index (χ4v) is 1.62. The molecular weight excluding hydrogens is 332 g/mol. The number of nitro groups is 1. The number of carbonyl (C=O) groups excluding carboxylic acids is 2. The summed E-state index contributed by atoms with van der Waals surface area (Å²) in [5.74, 6) is -0.136. The highest BCUT2D eigenvalue weighted by molar-refractivity contribution is 9.10. The molecule has 0 spiro atoms. The summed E-state index contributed by atoms with van der Waals surface area (Å²) in [6.07, 6.45) is 2.91. The van der Waals surface area contributed by atoms with Crippen molar-refractivity contribution in [2.45, 2.75) is 6.54 Å². The highest BCUT2D eigenvalue weighted by Crippen LogP contribution is 2.13. The molecule has 0 saturated carbocycles. The van der Waals surface area contributed by atoms with E-state index in [-0.39, 0.29) is 12.4 Å². The third kappa shape index (κ3) is 4.43. The van der Waals surface area contributed by atoms with Gasteiger partial charge in [-0.05, 0) is 27.6 Å². The van der Waals surface area contributed by atoms with E-state index >= 15 is 0 Å². The van der Waals surface area contributed by atoms with Gasteiger partial charge in [0.25, 0.3) is 6.20 Å². The second-order valence-corrected chi connectivity index (χ2v) is 4.52. The minimum Gasteiger partial charge on any atom is -0.299 e. The highest BCUT2D eigenvalue weighted by Gasteiger charge is 2.17. The van der Waals surface area contributed by atoms with Crippen LogP contribution in [0.5, 0.6) is 0 Å². The molecule has 2 amide bonds. The molecule has 8 nitrogen and oxygen atoms in total. The van der Waals surface area contributed by atoms with Gasteiger partial charge in [-0.25, -0.2) is 4.98 Å². The maximum atomic E-state index is 11.1. The molecule has 9 heteroatoms. The van der Waals surface area contributed by atoms with Gasteiger partial charge in [-0.15, -0.1) is 0 Å². The van der Waals surface area contributed by atoms with Crippen LogP contribution >= 0.6 is 15.9 Å². The molecule has 106 valence electrons. The molecule has 0 aliphatic heterocycles. The van der Waals surface area contributed by atoms with Crippen LogP contribution in [-0.2, 0) is 16.1 Å². The monoisotopic (exact) mass is 342 g/mol. The van der Waals surface area contributed by atoms with Crippen molar-refractivity contribution in [3.05, 3.63) is 50.6 Å². The summed E-state index contributed by atoms with van der Waals surface area (Å²) in [4.78, 5) is 37.7. The van der Waals surface area contributed by atoms with E-state index in [4.69, 9.17) is 0 Å². The Morgan fingerprint density at radius 1 is 1.45 bits per heavy atom. The van der Waals surface area contributed by atoms with Gasteiger partial charge in [0, 0.05) is 13.2 Å². The number of halogens is 1. The lowest BCUT2D eigenvalue weighted by atomic mass is 10.3. The Kier molecular flexibility index (Phi) is 5.78. The maximum Gasteiger partial charge on any atom is 0.275 e. The van der Waals surface area contributed by atoms with Crippen LogP contribution in [-0.4, -0.2) is 39.6 Å². The Morgan fingerprint density at radius 2 is 2.15 bits per heavy atom. The van der Waals surface area contributed by atoms with Crippen LogP contribution in [0.2, 0.25) is 0 Å². The summed E-state index contributed by atoms with van der Waals surface area (Å²) < 4.78 is 0.630. The van der Waals surface area contributed by atoms with Crippen molar-refractivity contribution >= 4 is 28.8 Å². The van der Waals surface area contributed by atoms with Crippen molar-refractivity contribution in [1.82, 2.24) is 14.8 Å². The van der Waals surface area contributed by atoms with Crippen LogP contribution in [0.3, 0.4) is 0 Å². The van der Waals surface area contributed by atoms with E-state index < -0.39 is 4.92 Å². The molecular formula is C11H11BrN4O4. The number of aromatic nitrogens is 1. The Balaban J connectivity index is 3.02. The third-order valence-corrected chi connectivity index (χ3v) is 2.77. The van der Waals surface area contributed by atoms with Crippen molar-refractivity contribution in [2.24, 2.45) is 0 Å². The molecule has 0 unspecified atom stereocenters. The number of carbonyl (C=O) groups is 2. The fourth-order valence-electron chi connectivity index (χ4n) is 1.39. The van der Waals surface area contributed by atoms with E-state index in [0.29, 0.717) is 29.2 Å². The number of amides is 2. The zero-order chi connectivity index (χ0) is 15.1. The Bertz CT molecular complexity index is 532. The molecule has 1 aromatic heterocycles. The van der Waals surface area contributed by atoms with E-state index in [1.165, 1.54) is 13.2 Å². The zero-order valence-electron chi connectivity index (χ0n) is 10.5. The second kappa shape index (κ2) is 7.34. The summed E-state index contributed by atoms with van der Waals surface area (Å²) in [6.45, 7) is 0.0572. The predicted molar refractivity (Wildman–Crippen MR) is 72.4 cm³/mol. The minimum atomic E-state index is -0.730. The standard InChI is InChI=1S/C11H11BrN4O4/c1-14(7-17)11(6-16(19)20)15(8-18)5-9-2-3-10(12)13-4-9/h2-4,6-8H,5H2,1H3. The van der Waals surface area contributed by atoms with Crippen LogP contribution in [0.1, 0.15) is 5.56 Å². The smallest absolute Gasteiger partial charge is 0.275 e. The third-order valence-electron chi connectivity index (χ3n) is 2.30. The first-order chi connectivity index (χ1) is 9.47. The van der Waals surface area contributed by atoms with Gasteiger partial charge in [0.05, 0.1) is 11.5 Å². The largest absolute Gasteiger partial charge is 0.299 e. The van der Waals surface area contributed by atoms with Crippen molar-refractivity contribution < 1.29 is 14.5 Å². The lowest BCUT2D eigenvalue weighted by Crippen LogP contribution is -2.32. The number of hydrogen-bond acceptors (Lipinski definition) is 5. The molecule has 0 fully saturated rings. The summed E-state index contributed by atoms with van der Waals surface area (Å²) in [6, 6.07) is 3.39. The molecule has 0 atom stereocenters. The van der Waals surface area contributed by atoms with Crippen LogP contribution in [0.15, 0.2) is 35.0 Å². The van der Waals surface area contributed by atoms with E-state index in [0.717, 1.165) is 9.80 Å². The van der Waals surface area contributed by atoms with Gasteiger partial charge < -0.3 is 0 Å². The maximum absolute atomic E-state index is 11.1. The second-order valence-electron chi connectivity index (χ2n) is 3.71. The van der Waals surface area contributed by atoms with Crippen molar-refractivity contribution in [3.63, 3.8) is 0 Å². The molecule has 0 saturated heterocycles. The number of nitrogens with zero attached hydrogens (tertiary/aromatic N) is 4. The van der Waals surface area contributed by atoms with Gasteiger partial charge in [-0.1, -0.05) is 6.07 Å². The van der Waals surface area contributed by atoms with Crippen LogP contribution in [0, 0.1) is 10.1 Å². The topological polar surface area (TPSA) is 96.6 Å². The van der Waals surface area contributed by atoms with Gasteiger partial charge >= 0.3 is 0 Å². The van der Waals surface area contributed by atoms with Gasteiger partial charge in [-0.3, -0.25) is 29.5 Å². The summed E-state index contributed by atoms with van der Waals surface area (Å²) in [5.41, 5.74) is 0.661. The van der Waals surface area contributed by atoms with Gasteiger partial charge in [0.1, 0.15) is 4.60 Å². The normalized spacial score (nSPS) is 10.8. The summed E-state index contributed by atoms with van der Waals surface area (Å²) in [7, 11) is 1.32. The van der Waals surface area contributed by atoms with Crippen LogP contribution in [0.25, 0.3) is 0 Å². The number of hydrogen-bond donors (Lipinski definition) is 0. The first kappa shape index (κ1) is 15.8. The summed E-state index contributed by atoms with van der Waals surface area (Å²) >= 11 is 3.18. The van der Waals surface area contributed by atoms with Gasteiger partial charge in [0.2, 0.25) is 12.8 Å². The predicted octanol–water partition coefficient (Wildman–Crippen LogP) is 0.966. The zero-order valence-corrected chi connectivity index (χ0v) is 12.1. The molecule has 0 bridgehead atoms. The average molecular weight is 343 g/mol. The SMILES string of the molecule is CN(C=O)C(=C[N+](=O)[O-])N(C=O)Cc1ccc(Br)nc1. The van der Waals surface area contributed by atoms with Crippen LogP contribution < -0.4 is 0 Å². The Hall–Kier alpha value is -2.29. The molecule has 0 aliphatic carbocycles. The number of rotatable bonds is 7. The van der Waals surface area contributed by atoms with Crippen molar-refractivity contribution in [3.8, 4) is 0 Å². The fraction of sp³-hybridized carbons (Fsp3) is 0.182. The van der Waals surface area contributed by atoms with E-state index in [2.05, 4.69) is 20.9 Å². The molecule has 0 aromatic carbocycles. The first-order valence-electron chi connectivity index (χ1n) is 5.33. The van der Waals surface area contributed by atoms with E-state index in [1.54, 1.807) is 12.1 Å². The van der Waals surface area contributed by atoms with Crippen LogP contribution in [0.4, 0.5) is 0 Å². The van der Waals surface area contributed by atoms with Crippen molar-refractivity contribution in [1.29, 1.82) is 0 Å². The van der Waals surface area contributed by atoms with Gasteiger partial charge in [0.15, 0.2) is 5.82 Å². The molecule has 0 radical (unpaired) electrons. The quantitative estimate of drug-likeness (QED) is 0.318. The van der Waals surface area contributed by atoms with E-state index in [1.807, 2.05) is 0 Å². The van der Waals surface area contributed by atoms with Gasteiger partial charge in [-0.2, -0.15) is 0 Å². The highest BCUT2D eigenvalue weighted by atomic mass is 79.9. The molecule has 1 rings (SSSR count). The molecule has 1 heterocycles.